The Morgan fingerprint density at radius 3 is 2.35 bits per heavy atom. The molecule has 0 radical (unpaired) electrons. The lowest BCUT2D eigenvalue weighted by Gasteiger charge is -2.16. The van der Waals surface area contributed by atoms with E-state index in [-0.39, 0.29) is 12.6 Å². The monoisotopic (exact) mass is 277 g/mol. The largest absolute Gasteiger partial charge is 0.395 e. The summed E-state index contributed by atoms with van der Waals surface area (Å²) < 4.78 is 25.9. The summed E-state index contributed by atoms with van der Waals surface area (Å²) in [6.07, 6.45) is 0.682. The van der Waals surface area contributed by atoms with Gasteiger partial charge in [0.05, 0.1) is 6.61 Å². The highest BCUT2D eigenvalue weighted by molar-refractivity contribution is 5.18. The maximum Gasteiger partial charge on any atom is 0.159 e. The summed E-state index contributed by atoms with van der Waals surface area (Å²) in [5, 5.41) is 12.5. The summed E-state index contributed by atoms with van der Waals surface area (Å²) in [5.74, 6) is -1.70. The summed E-state index contributed by atoms with van der Waals surface area (Å²) >= 11 is 0. The zero-order valence-corrected chi connectivity index (χ0v) is 11.0. The molecule has 0 saturated heterocycles. The van der Waals surface area contributed by atoms with Crippen molar-refractivity contribution in [2.45, 2.75) is 19.0 Å². The van der Waals surface area contributed by atoms with Crippen LogP contribution in [0.4, 0.5) is 8.78 Å². The summed E-state index contributed by atoms with van der Waals surface area (Å²) in [4.78, 5) is 0. The van der Waals surface area contributed by atoms with E-state index in [2.05, 4.69) is 5.32 Å². The van der Waals surface area contributed by atoms with E-state index in [0.29, 0.717) is 18.5 Å². The molecule has 0 unspecified atom stereocenters. The van der Waals surface area contributed by atoms with E-state index in [4.69, 9.17) is 0 Å². The third kappa shape index (κ3) is 4.11. The van der Waals surface area contributed by atoms with Gasteiger partial charge in [-0.05, 0) is 29.7 Å². The van der Waals surface area contributed by atoms with Crippen molar-refractivity contribution < 1.29 is 13.9 Å². The first-order valence-corrected chi connectivity index (χ1v) is 6.51. The van der Waals surface area contributed by atoms with Crippen molar-refractivity contribution in [1.29, 1.82) is 0 Å². The normalized spacial score (nSPS) is 12.3. The number of nitrogens with one attached hydrogen (secondary N) is 1. The second-order valence-electron chi connectivity index (χ2n) is 4.70. The van der Waals surface area contributed by atoms with Gasteiger partial charge in [0.1, 0.15) is 0 Å². The van der Waals surface area contributed by atoms with Crippen LogP contribution < -0.4 is 5.32 Å². The molecule has 0 saturated carbocycles. The van der Waals surface area contributed by atoms with E-state index >= 15 is 0 Å². The van der Waals surface area contributed by atoms with Gasteiger partial charge >= 0.3 is 0 Å². The van der Waals surface area contributed by atoms with Gasteiger partial charge in [0, 0.05) is 12.6 Å². The van der Waals surface area contributed by atoms with Crippen LogP contribution in [0.3, 0.4) is 0 Å². The number of aliphatic hydroxyl groups is 1. The molecule has 20 heavy (non-hydrogen) atoms. The second kappa shape index (κ2) is 7.12. The van der Waals surface area contributed by atoms with E-state index in [1.54, 1.807) is 0 Å². The molecule has 2 aromatic carbocycles. The minimum atomic E-state index is -0.854. The fourth-order valence-corrected chi connectivity index (χ4v) is 2.01. The molecule has 2 aromatic rings. The number of hydrogen-bond acceptors (Lipinski definition) is 2. The second-order valence-corrected chi connectivity index (χ2v) is 4.70. The lowest BCUT2D eigenvalue weighted by Crippen LogP contribution is -2.34. The number of rotatable bonds is 6. The predicted molar refractivity (Wildman–Crippen MR) is 74.2 cm³/mol. The maximum absolute atomic E-state index is 13.1. The first kappa shape index (κ1) is 14.6. The highest BCUT2D eigenvalue weighted by Gasteiger charge is 2.09. The molecular weight excluding hydrogens is 260 g/mol. The first-order valence-electron chi connectivity index (χ1n) is 6.51. The SMILES string of the molecule is OC[C@H](Cc1ccccc1)NCc1ccc(F)c(F)c1. The smallest absolute Gasteiger partial charge is 0.159 e. The van der Waals surface area contributed by atoms with Gasteiger partial charge in [-0.15, -0.1) is 0 Å². The van der Waals surface area contributed by atoms with E-state index in [0.717, 1.165) is 11.6 Å². The molecule has 0 bridgehead atoms. The van der Waals surface area contributed by atoms with Gasteiger partial charge in [0.2, 0.25) is 0 Å². The molecule has 0 aromatic heterocycles. The van der Waals surface area contributed by atoms with Crippen molar-refractivity contribution >= 4 is 0 Å². The number of halogens is 2. The molecule has 0 fully saturated rings. The van der Waals surface area contributed by atoms with Gasteiger partial charge in [-0.3, -0.25) is 0 Å². The lowest BCUT2D eigenvalue weighted by molar-refractivity contribution is 0.240. The number of benzene rings is 2. The zero-order valence-electron chi connectivity index (χ0n) is 11.0. The first-order chi connectivity index (χ1) is 9.69. The Morgan fingerprint density at radius 2 is 1.70 bits per heavy atom. The summed E-state index contributed by atoms with van der Waals surface area (Å²) in [6, 6.07) is 13.5. The Hall–Kier alpha value is -1.78. The molecule has 0 heterocycles. The highest BCUT2D eigenvalue weighted by atomic mass is 19.2. The molecule has 2 nitrogen and oxygen atoms in total. The maximum atomic E-state index is 13.1. The summed E-state index contributed by atoms with van der Waals surface area (Å²) in [6.45, 7) is 0.369. The van der Waals surface area contributed by atoms with Crippen LogP contribution in [-0.2, 0) is 13.0 Å². The van der Waals surface area contributed by atoms with E-state index < -0.39 is 11.6 Å². The fraction of sp³-hybridized carbons (Fsp3) is 0.250. The molecule has 0 aliphatic carbocycles. The third-order valence-electron chi connectivity index (χ3n) is 3.12. The lowest BCUT2D eigenvalue weighted by atomic mass is 10.1. The van der Waals surface area contributed by atoms with E-state index in [9.17, 15) is 13.9 Å². The predicted octanol–water partition coefficient (Wildman–Crippen LogP) is 2.66. The van der Waals surface area contributed by atoms with Gasteiger partial charge < -0.3 is 10.4 Å². The molecule has 0 amide bonds. The van der Waals surface area contributed by atoms with Gasteiger partial charge in [0.25, 0.3) is 0 Å². The van der Waals surface area contributed by atoms with Crippen LogP contribution in [0.25, 0.3) is 0 Å². The van der Waals surface area contributed by atoms with Crippen LogP contribution in [0.1, 0.15) is 11.1 Å². The van der Waals surface area contributed by atoms with Crippen LogP contribution in [-0.4, -0.2) is 17.8 Å². The molecular formula is C16H17F2NO. The van der Waals surface area contributed by atoms with Gasteiger partial charge in [-0.1, -0.05) is 36.4 Å². The van der Waals surface area contributed by atoms with Gasteiger partial charge in [-0.2, -0.15) is 0 Å². The number of hydrogen-bond donors (Lipinski definition) is 2. The van der Waals surface area contributed by atoms with Crippen molar-refractivity contribution in [2.24, 2.45) is 0 Å². The average molecular weight is 277 g/mol. The van der Waals surface area contributed by atoms with Crippen molar-refractivity contribution in [3.63, 3.8) is 0 Å². The van der Waals surface area contributed by atoms with Crippen molar-refractivity contribution in [3.05, 3.63) is 71.3 Å². The standard InChI is InChI=1S/C16H17F2NO/c17-15-7-6-13(9-16(15)18)10-19-14(11-20)8-12-4-2-1-3-5-12/h1-7,9,14,19-20H,8,10-11H2/t14-/m0/s1. The molecule has 0 aliphatic rings. The Bertz CT molecular complexity index is 545. The van der Waals surface area contributed by atoms with Crippen LogP contribution in [0.15, 0.2) is 48.5 Å². The Balaban J connectivity index is 1.92. The molecule has 0 spiro atoms. The molecule has 2 N–H and O–H groups in total. The van der Waals surface area contributed by atoms with E-state index in [1.165, 1.54) is 12.1 Å². The Labute approximate surface area is 117 Å². The minimum absolute atomic E-state index is 0.0153. The minimum Gasteiger partial charge on any atom is -0.395 e. The van der Waals surface area contributed by atoms with Crippen LogP contribution in [0.5, 0.6) is 0 Å². The third-order valence-corrected chi connectivity index (χ3v) is 3.12. The van der Waals surface area contributed by atoms with Crippen LogP contribution >= 0.6 is 0 Å². The summed E-state index contributed by atoms with van der Waals surface area (Å²) in [7, 11) is 0. The van der Waals surface area contributed by atoms with Crippen molar-refractivity contribution in [2.75, 3.05) is 6.61 Å². The average Bonchev–Trinajstić information content (AvgIpc) is 2.48. The van der Waals surface area contributed by atoms with Crippen molar-refractivity contribution in [1.82, 2.24) is 5.32 Å². The van der Waals surface area contributed by atoms with Crippen LogP contribution in [0, 0.1) is 11.6 Å². The quantitative estimate of drug-likeness (QED) is 0.851. The molecule has 0 aliphatic heterocycles. The van der Waals surface area contributed by atoms with Crippen molar-refractivity contribution in [3.8, 4) is 0 Å². The Kier molecular flexibility index (Phi) is 5.21. The zero-order chi connectivity index (χ0) is 14.4. The Morgan fingerprint density at radius 1 is 0.950 bits per heavy atom. The number of aliphatic hydroxyl groups excluding tert-OH is 1. The molecule has 1 atom stereocenters. The highest BCUT2D eigenvalue weighted by Crippen LogP contribution is 2.09. The fourth-order valence-electron chi connectivity index (χ4n) is 2.01. The molecule has 106 valence electrons. The van der Waals surface area contributed by atoms with Crippen LogP contribution in [0.2, 0.25) is 0 Å². The topological polar surface area (TPSA) is 32.3 Å². The molecule has 2 rings (SSSR count). The molecule has 4 heteroatoms. The summed E-state index contributed by atoms with van der Waals surface area (Å²) in [5.41, 5.74) is 1.76. The van der Waals surface area contributed by atoms with Gasteiger partial charge in [0.15, 0.2) is 11.6 Å². The van der Waals surface area contributed by atoms with E-state index in [1.807, 2.05) is 30.3 Å². The van der Waals surface area contributed by atoms with Gasteiger partial charge in [-0.25, -0.2) is 8.78 Å².